The van der Waals surface area contributed by atoms with Crippen LogP contribution in [0.25, 0.3) is 22.1 Å². The van der Waals surface area contributed by atoms with Gasteiger partial charge in [-0.25, -0.2) is 4.79 Å². The van der Waals surface area contributed by atoms with Crippen LogP contribution in [-0.4, -0.2) is 70.2 Å². The fourth-order valence-corrected chi connectivity index (χ4v) is 18.8. The molecule has 0 amide bonds. The Morgan fingerprint density at radius 1 is 0.326 bits per heavy atom. The van der Waals surface area contributed by atoms with Crippen molar-refractivity contribution in [3.05, 3.63) is 222 Å². The van der Waals surface area contributed by atoms with Crippen molar-refractivity contribution >= 4 is 144 Å². The monoisotopic (exact) mass is 1990 g/mol. The Morgan fingerprint density at radius 3 is 1.00 bits per heavy atom. The van der Waals surface area contributed by atoms with Crippen molar-refractivity contribution in [2.45, 2.75) is 347 Å². The largest absolute Gasteiger partial charge is 0.507 e. The van der Waals surface area contributed by atoms with E-state index in [1.807, 2.05) is 201 Å². The second-order valence-electron chi connectivity index (χ2n) is 40.3. The number of aryl methyl sites for hydroxylation is 3. The maximum absolute atomic E-state index is 12.3. The van der Waals surface area contributed by atoms with E-state index in [9.17, 15) is 43.8 Å². The van der Waals surface area contributed by atoms with Crippen LogP contribution in [0.15, 0.2) is 20.4 Å². The molecule has 2 N–H and O–H groups in total. The van der Waals surface area contributed by atoms with E-state index in [0.717, 1.165) is 168 Å². The van der Waals surface area contributed by atoms with Crippen molar-refractivity contribution in [1.82, 2.24) is 0 Å². The van der Waals surface area contributed by atoms with Crippen molar-refractivity contribution < 1.29 is 67.1 Å². The predicted octanol–water partition coefficient (Wildman–Crippen LogP) is 28.7. The number of carbonyl (C=O) groups is 6. The van der Waals surface area contributed by atoms with Crippen LogP contribution in [0.4, 0.5) is 0 Å². The zero-order valence-corrected chi connectivity index (χ0v) is 97.9. The minimum atomic E-state index is -0.674. The lowest BCUT2D eigenvalue weighted by molar-refractivity contribution is -0.150. The molecule has 0 fully saturated rings. The molecule has 0 unspecified atom stereocenters. The van der Waals surface area contributed by atoms with E-state index < -0.39 is 27.3 Å². The van der Waals surface area contributed by atoms with Gasteiger partial charge in [-0.3, -0.25) is 28.8 Å². The Morgan fingerprint density at radius 2 is 0.622 bits per heavy atom. The highest BCUT2D eigenvalue weighted by Gasteiger charge is 2.53. The molecular formula is C113H164O15S7. The third kappa shape index (κ3) is 23.9. The standard InChI is InChI=1S/C18H28O2S.C17H26O2S.C17H24O2.C16H22O3S.C15H22O2S.C15H20O2S.C15H18O2.2H2S/c1-10-11(2)13(4)15(20-9)14(12(10)3)17(5,6)18(7,8)16(19)21;1-9-10(2)12(4)14(18)13(11(9)3)16(5,6)17(7,8)15(19)20;1-9-10(2)12(4)14-13(11(9)3)16(5,6)17(7,8)15(18)19-14;1-8-10(3)14(18-6)13(15(19-7)11(8)4)9(2)12(5)16(17)20;1-8-9(2)11(4)13(15(5,6)17-7)12(10(8)3)14(16)18;1-7-8(2)11(5)14(16)13(9(7)3)10(4)12(6)15(17)18;1-7-8(2)11(5)14-13(9(7)3)10(4)12(6)15(16)17-14;;/h1-9H3,(H,19,21);18H,1-8H3,(H,19,20);1-8H3;1-7H3,(H,17,20);1-7H3,(H,16,18);16H,1-6H3,(H,17,18);1-6H3;2*1H2/b;;;12-9+;;12-10-;;;. The molecule has 8 aromatic rings. The highest BCUT2D eigenvalue weighted by atomic mass is 32.1. The molecule has 0 aliphatic carbocycles. The molecule has 1 aliphatic rings. The molecule has 1 aromatic heterocycles. The lowest BCUT2D eigenvalue weighted by atomic mass is 9.61. The van der Waals surface area contributed by atoms with Crippen molar-refractivity contribution in [2.24, 2.45) is 16.2 Å². The first-order valence-corrected chi connectivity index (χ1v) is 47.5. The SMILES string of the molecule is C/C(C(=O)S)=C(\C)c1c(C)c(C)c(C)c(C)c1O.COC(C)(C)c1c(C)c(C)c(C)c(C)c1C(=O)S.COc1c(C)c(C)c(C)c(C)c1C(C)(C)C(C)(C)C(=O)S.COc1c(C)c(C)c(C)c(OC)c1/C(C)=C(\C)C(=O)S.Cc1c(C)c(C)c(C(C)(C)C(C)(C)C(=O)S)c(O)c1C.Cc1c(C)c(C)c2c(C)c(C)c(=O)oc2c1C.Cc1c(C)c(C)c2c(c1C)OC(=O)C(C)(C)C2(C)C.S.S. The second-order valence-corrected chi connectivity index (χ2v) is 42.4. The molecule has 9 rings (SSSR count). The Kier molecular flexibility index (Phi) is 43.8. The first-order valence-electron chi connectivity index (χ1n) is 45.3. The summed E-state index contributed by atoms with van der Waals surface area (Å²) in [6.07, 6.45) is 0. The number of aromatic hydroxyl groups is 2. The molecule has 0 saturated carbocycles. The number of ether oxygens (including phenoxy) is 5. The number of hydrogen-bond donors (Lipinski definition) is 7. The molecular weight excluding hydrogens is 1820 g/mol. The third-order valence-corrected chi connectivity index (χ3v) is 34.4. The second kappa shape index (κ2) is 47.2. The average Bonchev–Trinajstić information content (AvgIpc) is 0.709. The first kappa shape index (κ1) is 125. The van der Waals surface area contributed by atoms with Crippen LogP contribution in [0.3, 0.4) is 0 Å². The number of rotatable bonds is 16. The number of phenolic OH excluding ortho intramolecular Hbond substituents is 2. The average molecular weight is 1990 g/mol. The van der Waals surface area contributed by atoms with Crippen molar-refractivity contribution in [2.75, 3.05) is 28.4 Å². The van der Waals surface area contributed by atoms with Crippen LogP contribution in [0.1, 0.15) is 330 Å². The van der Waals surface area contributed by atoms with Gasteiger partial charge >= 0.3 is 11.6 Å². The summed E-state index contributed by atoms with van der Waals surface area (Å²) in [7, 11) is 6.62. The lowest BCUT2D eigenvalue weighted by Crippen LogP contribution is -2.49. The number of methoxy groups -OCH3 is 4. The quantitative estimate of drug-likeness (QED) is 0.0157. The predicted molar refractivity (Wildman–Crippen MR) is 594 cm³/mol. The van der Waals surface area contributed by atoms with Gasteiger partial charge in [-0.1, -0.05) is 69.2 Å². The maximum atomic E-state index is 12.3. The van der Waals surface area contributed by atoms with Gasteiger partial charge in [0.25, 0.3) is 0 Å². The van der Waals surface area contributed by atoms with Gasteiger partial charge in [-0.05, 0) is 429 Å². The molecule has 15 nitrogen and oxygen atoms in total. The van der Waals surface area contributed by atoms with Crippen molar-refractivity contribution in [3.8, 4) is 34.5 Å². The van der Waals surface area contributed by atoms with E-state index in [1.165, 1.54) is 66.8 Å². The van der Waals surface area contributed by atoms with Gasteiger partial charge in [0.15, 0.2) is 10.2 Å². The van der Waals surface area contributed by atoms with E-state index in [1.54, 1.807) is 42.3 Å². The van der Waals surface area contributed by atoms with Crippen molar-refractivity contribution in [3.63, 3.8) is 0 Å². The molecule has 0 radical (unpaired) electrons. The Labute approximate surface area is 852 Å². The number of fused-ring (bicyclic) bond motifs is 2. The summed E-state index contributed by atoms with van der Waals surface area (Å²) in [6, 6.07) is 0. The molecule has 0 atom stereocenters. The highest BCUT2D eigenvalue weighted by Crippen LogP contribution is 2.55. The molecule has 7 aromatic carbocycles. The minimum Gasteiger partial charge on any atom is -0.507 e. The summed E-state index contributed by atoms with van der Waals surface area (Å²) in [4.78, 5) is 82.8. The van der Waals surface area contributed by atoms with E-state index in [-0.39, 0.29) is 80.7 Å². The molecule has 0 saturated heterocycles. The summed E-state index contributed by atoms with van der Waals surface area (Å²) in [5.41, 5.74) is 38.6. The first-order chi connectivity index (χ1) is 60.3. The lowest BCUT2D eigenvalue weighted by Gasteiger charge is -2.46. The van der Waals surface area contributed by atoms with Crippen LogP contribution in [0.2, 0.25) is 0 Å². The maximum Gasteiger partial charge on any atom is 0.339 e. The van der Waals surface area contributed by atoms with E-state index >= 15 is 0 Å². The summed E-state index contributed by atoms with van der Waals surface area (Å²) in [6.45, 7) is 94.4. The minimum absolute atomic E-state index is 0. The van der Waals surface area contributed by atoms with Gasteiger partial charge in [0, 0.05) is 84.1 Å². The van der Waals surface area contributed by atoms with Gasteiger partial charge in [-0.2, -0.15) is 27.0 Å². The molecule has 748 valence electrons. The number of phenols is 2. The number of thiol groups is 5. The van der Waals surface area contributed by atoms with Crippen LogP contribution in [-0.2, 0) is 50.6 Å². The Balaban J connectivity index is 0.000000786. The Hall–Kier alpha value is -7.54. The van der Waals surface area contributed by atoms with Crippen molar-refractivity contribution in [1.29, 1.82) is 0 Å². The van der Waals surface area contributed by atoms with Crippen LogP contribution >= 0.6 is 90.1 Å². The van der Waals surface area contributed by atoms with Crippen LogP contribution in [0, 0.1) is 217 Å². The van der Waals surface area contributed by atoms with Gasteiger partial charge in [-0.15, -0.1) is 63.1 Å². The number of hydrogen-bond acceptors (Lipinski definition) is 15. The zero-order valence-electron chi connectivity index (χ0n) is 91.4. The summed E-state index contributed by atoms with van der Waals surface area (Å²) in [5.74, 6) is 3.61. The number of allylic oxidation sites excluding steroid dienone is 2. The zero-order chi connectivity index (χ0) is 104. The number of esters is 1. The van der Waals surface area contributed by atoms with E-state index in [2.05, 4.69) is 174 Å². The third-order valence-electron chi connectivity index (χ3n) is 32.4. The summed E-state index contributed by atoms with van der Waals surface area (Å²) >= 11 is 19.9. The fraction of sp³-hybridized carbons (Fsp3) is 0.513. The van der Waals surface area contributed by atoms with Crippen LogP contribution < -0.4 is 24.6 Å². The molecule has 2 heterocycles. The van der Waals surface area contributed by atoms with E-state index in [0.29, 0.717) is 28.0 Å². The topological polar surface area (TPSA) is 219 Å². The molecule has 0 spiro atoms. The summed E-state index contributed by atoms with van der Waals surface area (Å²) in [5, 5.41) is 21.1. The normalized spacial score (nSPS) is 13.0. The molecule has 0 bridgehead atoms. The smallest absolute Gasteiger partial charge is 0.339 e. The van der Waals surface area contributed by atoms with Gasteiger partial charge < -0.3 is 38.3 Å². The molecule has 1 aliphatic heterocycles. The number of carbonyl (C=O) groups excluding carboxylic acids is 6. The van der Waals surface area contributed by atoms with Gasteiger partial charge in [0.05, 0.1) is 37.9 Å². The van der Waals surface area contributed by atoms with E-state index in [4.69, 9.17) is 28.1 Å². The summed E-state index contributed by atoms with van der Waals surface area (Å²) < 4.78 is 33.5. The van der Waals surface area contributed by atoms with Gasteiger partial charge in [0.1, 0.15) is 40.1 Å². The highest BCUT2D eigenvalue weighted by molar-refractivity contribution is 7.98. The Bertz CT molecular complexity index is 6030. The fourth-order valence-electron chi connectivity index (χ4n) is 17.6. The molecule has 22 heteroatoms. The number of benzene rings is 7. The molecule has 135 heavy (non-hydrogen) atoms. The van der Waals surface area contributed by atoms with Gasteiger partial charge in [0.2, 0.25) is 15.3 Å². The van der Waals surface area contributed by atoms with Crippen LogP contribution in [0.5, 0.6) is 34.5 Å².